The molecule has 1 aliphatic rings. The Morgan fingerprint density at radius 3 is 2.46 bits per heavy atom. The van der Waals surface area contributed by atoms with Crippen molar-refractivity contribution in [2.75, 3.05) is 0 Å². The topological polar surface area (TPSA) is 76.9 Å². The second-order valence-corrected chi connectivity index (χ2v) is 7.08. The molecule has 2 heterocycles. The molecule has 140 valence electrons. The van der Waals surface area contributed by atoms with Gasteiger partial charge in [-0.15, -0.1) is 0 Å². The average Bonchev–Trinajstić information content (AvgIpc) is 3.03. The van der Waals surface area contributed by atoms with Crippen LogP contribution in [0.2, 0.25) is 5.02 Å². The minimum absolute atomic E-state index is 0.374. The van der Waals surface area contributed by atoms with Crippen molar-refractivity contribution in [2.45, 2.75) is 26.5 Å². The van der Waals surface area contributed by atoms with E-state index in [0.717, 1.165) is 34.5 Å². The van der Waals surface area contributed by atoms with E-state index in [0.29, 0.717) is 16.5 Å². The quantitative estimate of drug-likeness (QED) is 0.719. The number of benzene rings is 2. The predicted molar refractivity (Wildman–Crippen MR) is 109 cm³/mol. The molecular formula is C22H19ClN4O. The maximum Gasteiger partial charge on any atom is 0.226 e. The Hall–Kier alpha value is -3.07. The Morgan fingerprint density at radius 1 is 1.18 bits per heavy atom. The molecule has 0 bridgehead atoms. The summed E-state index contributed by atoms with van der Waals surface area (Å²) < 4.78 is 7.69. The van der Waals surface area contributed by atoms with Gasteiger partial charge in [0.05, 0.1) is 22.5 Å². The first kappa shape index (κ1) is 18.3. The van der Waals surface area contributed by atoms with Gasteiger partial charge in [-0.2, -0.15) is 10.4 Å². The van der Waals surface area contributed by atoms with Gasteiger partial charge < -0.3 is 4.74 Å². The average molecular weight is 391 g/mol. The Morgan fingerprint density at radius 2 is 1.86 bits per heavy atom. The van der Waals surface area contributed by atoms with E-state index >= 15 is 0 Å². The lowest BCUT2D eigenvalue weighted by Gasteiger charge is -2.24. The first-order chi connectivity index (χ1) is 13.5. The summed E-state index contributed by atoms with van der Waals surface area (Å²) in [5.41, 5.74) is 11.8. The monoisotopic (exact) mass is 390 g/mol. The molecule has 0 fully saturated rings. The van der Waals surface area contributed by atoms with Crippen LogP contribution in [0.1, 0.15) is 29.3 Å². The number of rotatable bonds is 3. The molecule has 4 rings (SSSR count). The number of nitriles is 1. The number of aromatic nitrogens is 2. The zero-order valence-corrected chi connectivity index (χ0v) is 16.4. The summed E-state index contributed by atoms with van der Waals surface area (Å²) in [5.74, 6) is 0.540. The standard InChI is InChI=1S/C22H19ClN4O/c1-3-14-4-10-17(11-5-14)27-22-19(13(2)26-27)20(18(12-24)21(25)28-22)15-6-8-16(23)9-7-15/h4-11,21H,3,25H2,1-2H3. The number of aryl methyl sites for hydroxylation is 2. The van der Waals surface area contributed by atoms with Gasteiger partial charge in [-0.25, -0.2) is 4.68 Å². The lowest BCUT2D eigenvalue weighted by Crippen LogP contribution is -2.33. The van der Waals surface area contributed by atoms with Crippen LogP contribution in [-0.2, 0) is 6.42 Å². The molecule has 2 aromatic carbocycles. The van der Waals surface area contributed by atoms with Crippen molar-refractivity contribution in [3.8, 4) is 17.6 Å². The van der Waals surface area contributed by atoms with Crippen LogP contribution in [0.15, 0.2) is 54.1 Å². The van der Waals surface area contributed by atoms with Gasteiger partial charge in [0.25, 0.3) is 0 Å². The van der Waals surface area contributed by atoms with Crippen LogP contribution in [-0.4, -0.2) is 16.0 Å². The smallest absolute Gasteiger partial charge is 0.226 e. The third-order valence-electron chi connectivity index (χ3n) is 4.90. The molecule has 1 unspecified atom stereocenters. The molecule has 0 aliphatic carbocycles. The number of ether oxygens (including phenoxy) is 1. The number of nitrogens with zero attached hydrogens (tertiary/aromatic N) is 3. The second kappa shape index (κ2) is 7.16. The van der Waals surface area contributed by atoms with E-state index < -0.39 is 6.23 Å². The van der Waals surface area contributed by atoms with Gasteiger partial charge in [0, 0.05) is 10.6 Å². The van der Waals surface area contributed by atoms with Gasteiger partial charge >= 0.3 is 0 Å². The van der Waals surface area contributed by atoms with Gasteiger partial charge in [0.15, 0.2) is 6.23 Å². The molecule has 1 aliphatic heterocycles. The highest BCUT2D eigenvalue weighted by Crippen LogP contribution is 2.42. The van der Waals surface area contributed by atoms with Crippen molar-refractivity contribution in [1.29, 1.82) is 5.26 Å². The Bertz CT molecular complexity index is 1110. The van der Waals surface area contributed by atoms with E-state index in [9.17, 15) is 5.26 Å². The van der Waals surface area contributed by atoms with Crippen molar-refractivity contribution >= 4 is 17.2 Å². The van der Waals surface area contributed by atoms with Crippen LogP contribution < -0.4 is 10.5 Å². The van der Waals surface area contributed by atoms with E-state index in [2.05, 4.69) is 30.2 Å². The van der Waals surface area contributed by atoms with Crippen molar-refractivity contribution < 1.29 is 4.74 Å². The number of halogens is 1. The molecule has 0 spiro atoms. The summed E-state index contributed by atoms with van der Waals surface area (Å²) in [7, 11) is 0. The molecule has 28 heavy (non-hydrogen) atoms. The van der Waals surface area contributed by atoms with Gasteiger partial charge in [-0.1, -0.05) is 42.8 Å². The zero-order valence-electron chi connectivity index (χ0n) is 15.6. The van der Waals surface area contributed by atoms with E-state index in [1.54, 1.807) is 16.8 Å². The fraction of sp³-hybridized carbons (Fsp3) is 0.182. The van der Waals surface area contributed by atoms with Crippen molar-refractivity contribution in [3.63, 3.8) is 0 Å². The van der Waals surface area contributed by atoms with Crippen LogP contribution >= 0.6 is 11.6 Å². The molecule has 0 saturated carbocycles. The molecule has 1 aromatic heterocycles. The summed E-state index contributed by atoms with van der Waals surface area (Å²) >= 11 is 6.04. The minimum Gasteiger partial charge on any atom is -0.453 e. The molecule has 0 amide bonds. The second-order valence-electron chi connectivity index (χ2n) is 6.64. The number of hydrogen-bond acceptors (Lipinski definition) is 4. The van der Waals surface area contributed by atoms with Gasteiger partial charge in [-0.05, 0) is 48.7 Å². The first-order valence-electron chi connectivity index (χ1n) is 9.05. The normalized spacial score (nSPS) is 15.8. The number of fused-ring (bicyclic) bond motifs is 1. The zero-order chi connectivity index (χ0) is 19.8. The first-order valence-corrected chi connectivity index (χ1v) is 9.43. The fourth-order valence-corrected chi connectivity index (χ4v) is 3.57. The highest BCUT2D eigenvalue weighted by Gasteiger charge is 2.33. The van der Waals surface area contributed by atoms with Crippen molar-refractivity contribution in [1.82, 2.24) is 9.78 Å². The third-order valence-corrected chi connectivity index (χ3v) is 5.15. The highest BCUT2D eigenvalue weighted by atomic mass is 35.5. The van der Waals surface area contributed by atoms with Gasteiger partial charge in [-0.3, -0.25) is 5.73 Å². The van der Waals surface area contributed by atoms with Crippen LogP contribution in [0.4, 0.5) is 0 Å². The largest absolute Gasteiger partial charge is 0.453 e. The molecule has 2 N–H and O–H groups in total. The van der Waals surface area contributed by atoms with E-state index in [-0.39, 0.29) is 0 Å². The Kier molecular flexibility index (Phi) is 4.68. The maximum atomic E-state index is 9.72. The summed E-state index contributed by atoms with van der Waals surface area (Å²) in [4.78, 5) is 0. The summed E-state index contributed by atoms with van der Waals surface area (Å²) in [6.45, 7) is 4.02. The molecule has 5 nitrogen and oxygen atoms in total. The Labute approximate surface area is 168 Å². The van der Waals surface area contributed by atoms with Crippen LogP contribution in [0.3, 0.4) is 0 Å². The fourth-order valence-electron chi connectivity index (χ4n) is 3.44. The van der Waals surface area contributed by atoms with E-state index in [4.69, 9.17) is 22.1 Å². The summed E-state index contributed by atoms with van der Waals surface area (Å²) in [6.07, 6.45) is 0.0975. The van der Waals surface area contributed by atoms with Gasteiger partial charge in [0.1, 0.15) is 6.07 Å². The molecule has 0 radical (unpaired) electrons. The maximum absolute atomic E-state index is 9.72. The lowest BCUT2D eigenvalue weighted by atomic mass is 9.91. The molecular weight excluding hydrogens is 372 g/mol. The summed E-state index contributed by atoms with van der Waals surface area (Å²) in [5, 5.41) is 15.0. The minimum atomic E-state index is -0.868. The highest BCUT2D eigenvalue weighted by molar-refractivity contribution is 6.30. The lowest BCUT2D eigenvalue weighted by molar-refractivity contribution is 0.228. The van der Waals surface area contributed by atoms with Crippen molar-refractivity contribution in [3.05, 3.63) is 81.5 Å². The molecule has 3 aromatic rings. The van der Waals surface area contributed by atoms with Crippen LogP contribution in [0.25, 0.3) is 11.3 Å². The van der Waals surface area contributed by atoms with Gasteiger partial charge in [0.2, 0.25) is 5.88 Å². The van der Waals surface area contributed by atoms with E-state index in [1.165, 1.54) is 5.56 Å². The van der Waals surface area contributed by atoms with Crippen LogP contribution in [0.5, 0.6) is 5.88 Å². The molecule has 6 heteroatoms. The summed E-state index contributed by atoms with van der Waals surface area (Å²) in [6, 6.07) is 17.7. The third kappa shape index (κ3) is 2.97. The van der Waals surface area contributed by atoms with E-state index in [1.807, 2.05) is 31.2 Å². The SMILES string of the molecule is CCc1ccc(-n2nc(C)c3c2OC(N)C(C#N)=C3c2ccc(Cl)cc2)cc1. The number of hydrogen-bond donors (Lipinski definition) is 1. The predicted octanol–water partition coefficient (Wildman–Crippen LogP) is 4.40. The number of nitrogens with two attached hydrogens (primary N) is 1. The molecule has 0 saturated heterocycles. The van der Waals surface area contributed by atoms with Crippen molar-refractivity contribution in [2.24, 2.45) is 5.73 Å². The molecule has 1 atom stereocenters. The Balaban J connectivity index is 1.93. The van der Waals surface area contributed by atoms with Crippen LogP contribution in [0, 0.1) is 18.3 Å².